The summed E-state index contributed by atoms with van der Waals surface area (Å²) in [6.45, 7) is 9.28. The summed E-state index contributed by atoms with van der Waals surface area (Å²) in [4.78, 5) is 33.4. The molecule has 0 saturated heterocycles. The molecule has 0 saturated carbocycles. The lowest BCUT2D eigenvalue weighted by atomic mass is 9.98. The van der Waals surface area contributed by atoms with Crippen molar-refractivity contribution >= 4 is 39.3 Å². The van der Waals surface area contributed by atoms with Crippen LogP contribution in [0.4, 0.5) is 21.8 Å². The van der Waals surface area contributed by atoms with Gasteiger partial charge in [-0.15, -0.1) is 0 Å². The number of nitrogens with zero attached hydrogens (tertiary/aromatic N) is 5. The Morgan fingerprint density at radius 2 is 1.92 bits per heavy atom. The van der Waals surface area contributed by atoms with Gasteiger partial charge in [0, 0.05) is 35.2 Å². The molecule has 0 fully saturated rings. The van der Waals surface area contributed by atoms with Crippen LogP contribution in [0.1, 0.15) is 18.7 Å². The lowest BCUT2D eigenvalue weighted by molar-refractivity contribution is 0.625. The van der Waals surface area contributed by atoms with Gasteiger partial charge in [-0.25, -0.2) is 24.2 Å². The van der Waals surface area contributed by atoms with Gasteiger partial charge in [0.05, 0.1) is 23.7 Å². The van der Waals surface area contributed by atoms with E-state index in [2.05, 4.69) is 30.1 Å². The van der Waals surface area contributed by atoms with Crippen molar-refractivity contribution in [2.75, 3.05) is 11.1 Å². The Kier molecular flexibility index (Phi) is 5.73. The molecule has 0 unspecified atom stereocenters. The highest BCUT2D eigenvalue weighted by Crippen LogP contribution is 2.32. The summed E-state index contributed by atoms with van der Waals surface area (Å²) in [5, 5.41) is 5.29. The summed E-state index contributed by atoms with van der Waals surface area (Å²) in [7, 11) is 0. The molecule has 9 nitrogen and oxygen atoms in total. The van der Waals surface area contributed by atoms with Gasteiger partial charge >= 0.3 is 0 Å². The van der Waals surface area contributed by atoms with Crippen LogP contribution < -0.4 is 16.6 Å². The van der Waals surface area contributed by atoms with Gasteiger partial charge in [0.15, 0.2) is 0 Å². The van der Waals surface area contributed by atoms with Crippen LogP contribution in [0, 0.1) is 12.4 Å². The van der Waals surface area contributed by atoms with Crippen molar-refractivity contribution in [3.8, 4) is 16.8 Å². The second kappa shape index (κ2) is 9.39. The van der Waals surface area contributed by atoms with Gasteiger partial charge < -0.3 is 16.0 Å². The number of halogens is 1. The van der Waals surface area contributed by atoms with Gasteiger partial charge in [-0.3, -0.25) is 9.36 Å². The quantitative estimate of drug-likeness (QED) is 0.250. The maximum absolute atomic E-state index is 14.4. The van der Waals surface area contributed by atoms with E-state index in [1.807, 2.05) is 49.5 Å². The molecular formula is C29H21FN8O. The van der Waals surface area contributed by atoms with Crippen molar-refractivity contribution in [2.45, 2.75) is 13.0 Å². The zero-order chi connectivity index (χ0) is 27.1. The van der Waals surface area contributed by atoms with Gasteiger partial charge in [-0.2, -0.15) is 0 Å². The Morgan fingerprint density at radius 1 is 1.08 bits per heavy atom. The molecule has 0 radical (unpaired) electrons. The van der Waals surface area contributed by atoms with Crippen LogP contribution >= 0.6 is 0 Å². The van der Waals surface area contributed by atoms with Crippen LogP contribution in [0.15, 0.2) is 84.0 Å². The number of nitrogens with two attached hydrogens (primary N) is 1. The largest absolute Gasteiger partial charge is 0.371 e. The fourth-order valence-electron chi connectivity index (χ4n) is 4.77. The zero-order valence-corrected chi connectivity index (χ0v) is 20.7. The molecule has 6 rings (SSSR count). The summed E-state index contributed by atoms with van der Waals surface area (Å²) < 4.78 is 15.9. The highest BCUT2D eigenvalue weighted by Gasteiger charge is 2.20. The van der Waals surface area contributed by atoms with E-state index in [4.69, 9.17) is 12.3 Å². The number of nitrogens with one attached hydrogen (secondary N) is 2. The van der Waals surface area contributed by atoms with Crippen LogP contribution in [0.25, 0.3) is 43.5 Å². The molecule has 4 N–H and O–H groups in total. The van der Waals surface area contributed by atoms with Crippen molar-refractivity contribution in [1.29, 1.82) is 0 Å². The van der Waals surface area contributed by atoms with E-state index >= 15 is 0 Å². The molecule has 39 heavy (non-hydrogen) atoms. The van der Waals surface area contributed by atoms with Crippen molar-refractivity contribution in [1.82, 2.24) is 24.5 Å². The Hall–Kier alpha value is -5.56. The molecule has 0 aliphatic rings. The third kappa shape index (κ3) is 4.22. The van der Waals surface area contributed by atoms with E-state index in [1.165, 1.54) is 22.9 Å². The first-order chi connectivity index (χ1) is 18.9. The Balaban J connectivity index is 1.59. The summed E-state index contributed by atoms with van der Waals surface area (Å²) in [6, 6.07) is 16.7. The van der Waals surface area contributed by atoms with Gasteiger partial charge in [0.2, 0.25) is 11.6 Å². The predicted molar refractivity (Wildman–Crippen MR) is 149 cm³/mol. The standard InChI is InChI=1S/C29H21FN8O/c1-16(36-27-23(32-2)15-35-29(31)37-27)24-12-17-5-3-8-22(19-11-18-9-10-33-26(18)34-14-19)25(17)28(39)38(24)21-7-4-6-20(30)13-21/h3-16H,1H3,(H,33,34)(H3,31,35,36,37)/t16-/m0/s1. The van der Waals surface area contributed by atoms with Crippen LogP contribution in [-0.4, -0.2) is 24.5 Å². The number of anilines is 2. The van der Waals surface area contributed by atoms with E-state index in [-0.39, 0.29) is 23.0 Å². The van der Waals surface area contributed by atoms with Gasteiger partial charge in [0.25, 0.3) is 5.56 Å². The molecule has 4 heterocycles. The molecule has 2 aromatic carbocycles. The van der Waals surface area contributed by atoms with Crippen molar-refractivity contribution in [3.05, 3.63) is 113 Å². The summed E-state index contributed by atoms with van der Waals surface area (Å²) in [5.74, 6) is -0.223. The van der Waals surface area contributed by atoms with E-state index in [0.717, 1.165) is 16.6 Å². The van der Waals surface area contributed by atoms with Crippen LogP contribution in [0.2, 0.25) is 0 Å². The molecule has 1 atom stereocenters. The number of hydrogen-bond acceptors (Lipinski definition) is 6. The number of aromatic amines is 1. The number of pyridine rings is 2. The maximum Gasteiger partial charge on any atom is 0.263 e. The lowest BCUT2D eigenvalue weighted by Crippen LogP contribution is -2.26. The van der Waals surface area contributed by atoms with E-state index in [1.54, 1.807) is 18.3 Å². The maximum atomic E-state index is 14.4. The molecule has 0 spiro atoms. The zero-order valence-electron chi connectivity index (χ0n) is 20.7. The molecule has 190 valence electrons. The molecule has 10 heteroatoms. The number of rotatable bonds is 5. The Morgan fingerprint density at radius 3 is 2.74 bits per heavy atom. The topological polar surface area (TPSA) is 119 Å². The number of hydrogen-bond donors (Lipinski definition) is 3. The third-order valence-electron chi connectivity index (χ3n) is 6.56. The average molecular weight is 517 g/mol. The van der Waals surface area contributed by atoms with Crippen LogP contribution in [-0.2, 0) is 0 Å². The molecule has 6 aromatic rings. The SMILES string of the molecule is [C-]#[N+]c1cnc(N)nc1N[C@@H](C)c1cc2cccc(-c3cnc4[nH]ccc4c3)c2c(=O)n1-c1cccc(F)c1. The molecular weight excluding hydrogens is 495 g/mol. The number of H-pyrrole nitrogens is 1. The second-order valence-corrected chi connectivity index (χ2v) is 9.04. The summed E-state index contributed by atoms with van der Waals surface area (Å²) in [5.41, 5.74) is 8.79. The van der Waals surface area contributed by atoms with Gasteiger partial charge in [-0.05, 0) is 54.3 Å². The number of nitrogen functional groups attached to an aromatic ring is 1. The number of aromatic nitrogens is 5. The smallest absolute Gasteiger partial charge is 0.263 e. The fraction of sp³-hybridized carbons (Fsp3) is 0.0690. The Labute approximate surface area is 221 Å². The van der Waals surface area contributed by atoms with E-state index in [9.17, 15) is 9.18 Å². The predicted octanol–water partition coefficient (Wildman–Crippen LogP) is 5.77. The van der Waals surface area contributed by atoms with Gasteiger partial charge in [-0.1, -0.05) is 24.3 Å². The third-order valence-corrected chi connectivity index (χ3v) is 6.56. The van der Waals surface area contributed by atoms with E-state index < -0.39 is 11.9 Å². The first-order valence-electron chi connectivity index (χ1n) is 12.1. The van der Waals surface area contributed by atoms with Crippen LogP contribution in [0.3, 0.4) is 0 Å². The summed E-state index contributed by atoms with van der Waals surface area (Å²) in [6.07, 6.45) is 4.88. The van der Waals surface area contributed by atoms with Crippen molar-refractivity contribution in [3.63, 3.8) is 0 Å². The average Bonchev–Trinajstić information content (AvgIpc) is 3.41. The van der Waals surface area contributed by atoms with Crippen LogP contribution in [0.5, 0.6) is 0 Å². The normalized spacial score (nSPS) is 11.9. The monoisotopic (exact) mass is 516 g/mol. The first kappa shape index (κ1) is 23.8. The number of benzene rings is 2. The molecule has 0 bridgehead atoms. The van der Waals surface area contributed by atoms with Crippen molar-refractivity contribution < 1.29 is 4.39 Å². The number of fused-ring (bicyclic) bond motifs is 2. The fourth-order valence-corrected chi connectivity index (χ4v) is 4.77. The first-order valence-corrected chi connectivity index (χ1v) is 12.1. The second-order valence-electron chi connectivity index (χ2n) is 9.04. The van der Waals surface area contributed by atoms with Gasteiger partial charge in [0.1, 0.15) is 17.3 Å². The van der Waals surface area contributed by atoms with E-state index in [0.29, 0.717) is 27.7 Å². The highest BCUT2D eigenvalue weighted by atomic mass is 19.1. The molecule has 0 aliphatic carbocycles. The molecule has 0 aliphatic heterocycles. The molecule has 0 amide bonds. The minimum atomic E-state index is -0.526. The lowest BCUT2D eigenvalue weighted by Gasteiger charge is -2.22. The molecule has 4 aromatic heterocycles. The minimum Gasteiger partial charge on any atom is -0.371 e. The minimum absolute atomic E-state index is 0.00998. The van der Waals surface area contributed by atoms with Crippen molar-refractivity contribution in [2.24, 2.45) is 0 Å². The highest BCUT2D eigenvalue weighted by molar-refractivity contribution is 5.98. The summed E-state index contributed by atoms with van der Waals surface area (Å²) >= 11 is 0. The Bertz CT molecular complexity index is 1990.